The van der Waals surface area contributed by atoms with Crippen molar-refractivity contribution >= 4 is 0 Å². The van der Waals surface area contributed by atoms with Crippen molar-refractivity contribution in [3.8, 4) is 6.07 Å². The predicted octanol–water partition coefficient (Wildman–Crippen LogP) is 3.88. The fourth-order valence-corrected chi connectivity index (χ4v) is 2.97. The normalized spacial score (nSPS) is 20.9. The van der Waals surface area contributed by atoms with Crippen LogP contribution in [0.1, 0.15) is 43.4 Å². The van der Waals surface area contributed by atoms with E-state index < -0.39 is 0 Å². The maximum absolute atomic E-state index is 9.43. The molecule has 2 rings (SSSR count). The van der Waals surface area contributed by atoms with E-state index in [9.17, 15) is 5.26 Å². The van der Waals surface area contributed by atoms with Gasteiger partial charge >= 0.3 is 0 Å². The van der Waals surface area contributed by atoms with Gasteiger partial charge in [0.05, 0.1) is 11.5 Å². The van der Waals surface area contributed by atoms with E-state index in [1.165, 1.54) is 16.7 Å². The Hall–Kier alpha value is -1.29. The summed E-state index contributed by atoms with van der Waals surface area (Å²) in [6, 6.07) is 8.98. The monoisotopic (exact) mass is 213 g/mol. The lowest BCUT2D eigenvalue weighted by Gasteiger charge is -2.49. The quantitative estimate of drug-likeness (QED) is 0.694. The zero-order valence-corrected chi connectivity index (χ0v) is 10.6. The fourth-order valence-electron chi connectivity index (χ4n) is 2.97. The van der Waals surface area contributed by atoms with Crippen LogP contribution in [0.3, 0.4) is 0 Å². The number of hydrogen-bond donors (Lipinski definition) is 0. The third-order valence-electron chi connectivity index (χ3n) is 3.83. The van der Waals surface area contributed by atoms with E-state index in [1.54, 1.807) is 0 Å². The Morgan fingerprint density at radius 3 is 2.19 bits per heavy atom. The molecule has 0 N–H and O–H groups in total. The Labute approximate surface area is 98.1 Å². The molecule has 0 bridgehead atoms. The van der Waals surface area contributed by atoms with Crippen molar-refractivity contribution in [2.75, 3.05) is 0 Å². The molecule has 0 unspecified atom stereocenters. The average molecular weight is 213 g/mol. The molecule has 0 amide bonds. The number of nitrogens with zero attached hydrogens (tertiary/aromatic N) is 1. The van der Waals surface area contributed by atoms with Crippen LogP contribution in [0.25, 0.3) is 0 Å². The highest BCUT2D eigenvalue weighted by molar-refractivity contribution is 5.41. The summed E-state index contributed by atoms with van der Waals surface area (Å²) in [4.78, 5) is 0. The van der Waals surface area contributed by atoms with E-state index >= 15 is 0 Å². The van der Waals surface area contributed by atoms with Gasteiger partial charge in [-0.25, -0.2) is 0 Å². The maximum atomic E-state index is 9.43. The molecule has 1 aromatic carbocycles. The first-order valence-corrected chi connectivity index (χ1v) is 5.88. The molecular formula is C15H19N. The van der Waals surface area contributed by atoms with Gasteiger partial charge in [-0.15, -0.1) is 0 Å². The number of rotatable bonds is 1. The fraction of sp³-hybridized carbons (Fsp3) is 0.533. The third-order valence-corrected chi connectivity index (χ3v) is 3.83. The third kappa shape index (κ3) is 1.63. The molecule has 0 spiro atoms. The molecule has 0 aliphatic heterocycles. The second-order valence-electron chi connectivity index (χ2n) is 6.01. The lowest BCUT2D eigenvalue weighted by Crippen LogP contribution is -2.45. The van der Waals surface area contributed by atoms with Crippen LogP contribution in [0.15, 0.2) is 18.2 Å². The van der Waals surface area contributed by atoms with Crippen molar-refractivity contribution in [2.45, 2.75) is 46.0 Å². The number of nitriles is 1. The smallest absolute Gasteiger partial charge is 0.0832 e. The highest BCUT2D eigenvalue weighted by Crippen LogP contribution is 2.55. The summed E-state index contributed by atoms with van der Waals surface area (Å²) >= 11 is 0. The Bertz CT molecular complexity index is 455. The summed E-state index contributed by atoms with van der Waals surface area (Å²) in [6.45, 7) is 8.71. The van der Waals surface area contributed by atoms with Gasteiger partial charge in [0.25, 0.3) is 0 Å². The molecule has 1 aliphatic carbocycles. The van der Waals surface area contributed by atoms with Crippen molar-refractivity contribution < 1.29 is 0 Å². The van der Waals surface area contributed by atoms with Crippen LogP contribution < -0.4 is 0 Å². The molecule has 84 valence electrons. The van der Waals surface area contributed by atoms with Crippen LogP contribution in [0.2, 0.25) is 0 Å². The molecule has 0 atom stereocenters. The standard InChI is InChI=1S/C15H19N/c1-11-5-6-13(7-12(11)2)15(10-16)8-14(3,4)9-15/h5-7H,8-9H2,1-4H3. The van der Waals surface area contributed by atoms with Gasteiger partial charge in [0.15, 0.2) is 0 Å². The number of hydrogen-bond acceptors (Lipinski definition) is 1. The zero-order chi connectivity index (χ0) is 12.0. The van der Waals surface area contributed by atoms with Crippen LogP contribution in [0.4, 0.5) is 0 Å². The maximum Gasteiger partial charge on any atom is 0.0832 e. The van der Waals surface area contributed by atoms with Crippen LogP contribution in [0, 0.1) is 30.6 Å². The van der Waals surface area contributed by atoms with Crippen LogP contribution in [-0.2, 0) is 5.41 Å². The largest absolute Gasteiger partial charge is 0.197 e. The molecule has 1 nitrogen and oxygen atoms in total. The molecule has 0 saturated heterocycles. The van der Waals surface area contributed by atoms with E-state index in [1.807, 2.05) is 0 Å². The van der Waals surface area contributed by atoms with Gasteiger partial charge in [0.2, 0.25) is 0 Å². The minimum atomic E-state index is -0.220. The molecule has 1 heteroatoms. The summed E-state index contributed by atoms with van der Waals surface area (Å²) in [5, 5.41) is 9.43. The molecule has 0 aromatic heterocycles. The van der Waals surface area contributed by atoms with E-state index in [4.69, 9.17) is 0 Å². The first kappa shape index (κ1) is 11.2. The van der Waals surface area contributed by atoms with Gasteiger partial charge in [-0.1, -0.05) is 32.0 Å². The van der Waals surface area contributed by atoms with E-state index in [-0.39, 0.29) is 5.41 Å². The lowest BCUT2D eigenvalue weighted by molar-refractivity contribution is 0.0999. The number of benzene rings is 1. The topological polar surface area (TPSA) is 23.8 Å². The van der Waals surface area contributed by atoms with Gasteiger partial charge in [-0.2, -0.15) is 5.26 Å². The predicted molar refractivity (Wildman–Crippen MR) is 66.2 cm³/mol. The van der Waals surface area contributed by atoms with Crippen LogP contribution in [-0.4, -0.2) is 0 Å². The van der Waals surface area contributed by atoms with E-state index in [0.717, 1.165) is 12.8 Å². The molecule has 1 fully saturated rings. The summed E-state index contributed by atoms with van der Waals surface area (Å²) in [6.07, 6.45) is 1.97. The van der Waals surface area contributed by atoms with Gasteiger partial charge in [0.1, 0.15) is 0 Å². The van der Waals surface area contributed by atoms with E-state index in [0.29, 0.717) is 5.41 Å². The summed E-state index contributed by atoms with van der Waals surface area (Å²) in [5.41, 5.74) is 3.90. The van der Waals surface area contributed by atoms with Crippen molar-refractivity contribution in [2.24, 2.45) is 5.41 Å². The highest BCUT2D eigenvalue weighted by atomic mass is 14.5. The van der Waals surface area contributed by atoms with Crippen molar-refractivity contribution in [1.82, 2.24) is 0 Å². The van der Waals surface area contributed by atoms with Crippen molar-refractivity contribution in [3.05, 3.63) is 34.9 Å². The molecule has 1 aliphatic rings. The molecular weight excluding hydrogens is 194 g/mol. The summed E-state index contributed by atoms with van der Waals surface area (Å²) in [7, 11) is 0. The zero-order valence-electron chi connectivity index (χ0n) is 10.6. The minimum absolute atomic E-state index is 0.220. The molecule has 16 heavy (non-hydrogen) atoms. The van der Waals surface area contributed by atoms with Gasteiger partial charge < -0.3 is 0 Å². The Morgan fingerprint density at radius 2 is 1.75 bits per heavy atom. The van der Waals surface area contributed by atoms with Crippen LogP contribution >= 0.6 is 0 Å². The first-order chi connectivity index (χ1) is 7.38. The Balaban J connectivity index is 2.37. The highest BCUT2D eigenvalue weighted by Gasteiger charge is 2.50. The molecule has 0 heterocycles. The van der Waals surface area contributed by atoms with Crippen LogP contribution in [0.5, 0.6) is 0 Å². The Kier molecular flexibility index (Phi) is 2.35. The minimum Gasteiger partial charge on any atom is -0.197 e. The van der Waals surface area contributed by atoms with Gasteiger partial charge in [-0.05, 0) is 48.8 Å². The molecule has 0 radical (unpaired) electrons. The molecule has 1 saturated carbocycles. The first-order valence-electron chi connectivity index (χ1n) is 5.88. The second-order valence-corrected chi connectivity index (χ2v) is 6.01. The summed E-state index contributed by atoms with van der Waals surface area (Å²) in [5.74, 6) is 0. The SMILES string of the molecule is Cc1ccc(C2(C#N)CC(C)(C)C2)cc1C. The Morgan fingerprint density at radius 1 is 1.12 bits per heavy atom. The van der Waals surface area contributed by atoms with Crippen molar-refractivity contribution in [1.29, 1.82) is 5.26 Å². The lowest BCUT2D eigenvalue weighted by atomic mass is 9.52. The molecule has 1 aromatic rings. The second kappa shape index (κ2) is 3.35. The van der Waals surface area contributed by atoms with E-state index in [2.05, 4.69) is 52.0 Å². The summed E-state index contributed by atoms with van der Waals surface area (Å²) < 4.78 is 0. The number of aryl methyl sites for hydroxylation is 2. The van der Waals surface area contributed by atoms with Gasteiger partial charge in [0, 0.05) is 0 Å². The van der Waals surface area contributed by atoms with Gasteiger partial charge in [-0.3, -0.25) is 0 Å². The van der Waals surface area contributed by atoms with Crippen molar-refractivity contribution in [3.63, 3.8) is 0 Å². The average Bonchev–Trinajstić information content (AvgIpc) is 2.18.